The topological polar surface area (TPSA) is 314 Å². The lowest BCUT2D eigenvalue weighted by Gasteiger charge is -2.28. The van der Waals surface area contributed by atoms with Crippen LogP contribution in [-0.4, -0.2) is 123 Å². The number of aromatic nitrogens is 2. The minimum absolute atomic E-state index is 0.913. The Hall–Kier alpha value is -2.38. The van der Waals surface area contributed by atoms with Crippen molar-refractivity contribution < 1.29 is 60.7 Å². The second kappa shape index (κ2) is 11.5. The number of aliphatic hydroxyl groups excluding tert-OH is 10. The van der Waals surface area contributed by atoms with Crippen LogP contribution in [0.2, 0.25) is 0 Å². The highest BCUT2D eigenvalue weighted by atomic mass is 16.4. The molecule has 0 aliphatic rings. The number of carbonyl (C=O) groups is 2. The summed E-state index contributed by atoms with van der Waals surface area (Å²) in [6, 6.07) is 0. The fourth-order valence-corrected chi connectivity index (χ4v) is 2.60. The number of carbonyl (C=O) groups excluding carboxylic acids is 2. The van der Waals surface area contributed by atoms with Crippen LogP contribution in [0.25, 0.3) is 0 Å². The number of rotatable bonds is 12. The van der Waals surface area contributed by atoms with Gasteiger partial charge in [0.05, 0.1) is 13.2 Å². The first-order valence-corrected chi connectivity index (χ1v) is 8.97. The van der Waals surface area contributed by atoms with Crippen LogP contribution in [0.3, 0.4) is 0 Å². The first kappa shape index (κ1) is 27.7. The van der Waals surface area contributed by atoms with E-state index in [9.17, 15) is 50.4 Å². The van der Waals surface area contributed by atoms with Crippen molar-refractivity contribution in [3.05, 3.63) is 22.8 Å². The third-order valence-corrected chi connectivity index (χ3v) is 4.49. The van der Waals surface area contributed by atoms with Gasteiger partial charge in [0.15, 0.2) is 11.4 Å². The molecule has 0 saturated carbocycles. The average Bonchev–Trinajstić information content (AvgIpc) is 2.78. The second-order valence-electron chi connectivity index (χ2n) is 6.77. The maximum absolute atomic E-state index is 11.8. The van der Waals surface area contributed by atoms with E-state index in [0.717, 1.165) is 0 Å². The van der Waals surface area contributed by atoms with Gasteiger partial charge in [0, 0.05) is 0 Å². The van der Waals surface area contributed by atoms with Crippen LogP contribution in [0.15, 0.2) is 0 Å². The molecule has 16 nitrogen and oxygen atoms in total. The molecule has 14 N–H and O–H groups in total. The molecule has 1 aromatic heterocycles. The smallest absolute Gasteiger partial charge is 0.269 e. The van der Waals surface area contributed by atoms with Crippen molar-refractivity contribution in [3.8, 4) is 0 Å². The summed E-state index contributed by atoms with van der Waals surface area (Å²) in [7, 11) is 0. The molecule has 0 spiro atoms. The van der Waals surface area contributed by atoms with Crippen molar-refractivity contribution in [1.29, 1.82) is 0 Å². The minimum atomic E-state index is -2.32. The van der Waals surface area contributed by atoms with Crippen LogP contribution < -0.4 is 11.5 Å². The Bertz CT molecular complexity index is 746. The highest BCUT2D eigenvalue weighted by Crippen LogP contribution is 2.27. The minimum Gasteiger partial charge on any atom is -0.394 e. The molecule has 0 aromatic carbocycles. The molecule has 1 heterocycles. The number of nitrogens with zero attached hydrogens (tertiary/aromatic N) is 2. The summed E-state index contributed by atoms with van der Waals surface area (Å²) in [6.45, 7) is -2.03. The Morgan fingerprint density at radius 3 is 1.12 bits per heavy atom. The van der Waals surface area contributed by atoms with Gasteiger partial charge in [-0.2, -0.15) is 0 Å². The summed E-state index contributed by atoms with van der Waals surface area (Å²) < 4.78 is 0. The van der Waals surface area contributed by atoms with Crippen molar-refractivity contribution in [2.24, 2.45) is 11.5 Å². The molecule has 0 aliphatic carbocycles. The quantitative estimate of drug-likeness (QED) is 0.136. The van der Waals surface area contributed by atoms with Gasteiger partial charge in [0.2, 0.25) is 0 Å². The summed E-state index contributed by atoms with van der Waals surface area (Å²) in [5, 5.41) is 96.7. The van der Waals surface area contributed by atoms with Crippen LogP contribution in [-0.2, 0) is 0 Å². The molecule has 0 aliphatic heterocycles. The van der Waals surface area contributed by atoms with Gasteiger partial charge >= 0.3 is 0 Å². The van der Waals surface area contributed by atoms with Crippen molar-refractivity contribution in [2.45, 2.75) is 48.8 Å². The van der Waals surface area contributed by atoms with Gasteiger partial charge in [0.25, 0.3) is 11.8 Å². The van der Waals surface area contributed by atoms with Gasteiger partial charge in [-0.25, -0.2) is 9.97 Å². The second-order valence-corrected chi connectivity index (χ2v) is 6.77. The van der Waals surface area contributed by atoms with Crippen LogP contribution in [0, 0.1) is 0 Å². The van der Waals surface area contributed by atoms with E-state index in [1.54, 1.807) is 0 Å². The molecular weight excluding hydrogens is 440 g/mol. The van der Waals surface area contributed by atoms with E-state index in [1.165, 1.54) is 0 Å². The molecule has 0 saturated heterocycles. The molecule has 182 valence electrons. The SMILES string of the molecule is NC(=O)c1nc([C@@H](O)[C@H](O)[C@H](O)[C@H](O)CO)c(C(N)=O)nc1[C@@H](O)[C@H](O)[C@H](O)[C@H](O)CO. The summed E-state index contributed by atoms with van der Waals surface area (Å²) in [4.78, 5) is 30.7. The average molecular weight is 466 g/mol. The van der Waals surface area contributed by atoms with E-state index in [0.29, 0.717) is 0 Å². The van der Waals surface area contributed by atoms with E-state index in [-0.39, 0.29) is 0 Å². The van der Waals surface area contributed by atoms with Crippen LogP contribution in [0.4, 0.5) is 0 Å². The molecule has 0 unspecified atom stereocenters. The molecular formula is C16H26N4O12. The predicted octanol–water partition coefficient (Wildman–Crippen LogP) is -7.11. The largest absolute Gasteiger partial charge is 0.394 e. The molecule has 0 bridgehead atoms. The fourth-order valence-electron chi connectivity index (χ4n) is 2.60. The number of hydrogen-bond acceptors (Lipinski definition) is 14. The summed E-state index contributed by atoms with van der Waals surface area (Å²) in [6.07, 6.45) is -17.4. The van der Waals surface area contributed by atoms with E-state index >= 15 is 0 Å². The Balaban J connectivity index is 3.57. The first-order chi connectivity index (χ1) is 14.8. The number of amides is 2. The Labute approximate surface area is 179 Å². The van der Waals surface area contributed by atoms with Crippen LogP contribution >= 0.6 is 0 Å². The Kier molecular flexibility index (Phi) is 9.92. The normalized spacial score (nSPS) is 19.3. The van der Waals surface area contributed by atoms with Gasteiger partial charge in [-0.3, -0.25) is 9.59 Å². The fraction of sp³-hybridized carbons (Fsp3) is 0.625. The van der Waals surface area contributed by atoms with E-state index in [2.05, 4.69) is 9.97 Å². The zero-order valence-corrected chi connectivity index (χ0v) is 16.4. The highest BCUT2D eigenvalue weighted by Gasteiger charge is 2.38. The zero-order chi connectivity index (χ0) is 24.9. The summed E-state index contributed by atoms with van der Waals surface area (Å²) >= 11 is 0. The van der Waals surface area contributed by atoms with Gasteiger partial charge < -0.3 is 62.5 Å². The molecule has 2 amide bonds. The van der Waals surface area contributed by atoms with E-state index in [4.69, 9.17) is 21.7 Å². The number of aliphatic hydroxyl groups is 10. The molecule has 0 radical (unpaired) electrons. The van der Waals surface area contributed by atoms with Gasteiger partial charge in [-0.15, -0.1) is 0 Å². The Morgan fingerprint density at radius 2 is 0.906 bits per heavy atom. The maximum Gasteiger partial charge on any atom is 0.269 e. The zero-order valence-electron chi connectivity index (χ0n) is 16.4. The maximum atomic E-state index is 11.8. The van der Waals surface area contributed by atoms with Crippen molar-refractivity contribution in [2.75, 3.05) is 13.2 Å². The standard InChI is InChI=1S/C16H26N4O12/c17-15(31)7-5(11(27)13(29)9(25)3(23)1-21)19-8(16(18)32)6(20-7)12(28)14(30)10(26)4(24)2-22/h3-4,9-14,21-30H,1-2H2,(H2,17,31)(H2,18,32)/t3-,4-,9-,10-,11-,12-,13-,14-/m1/s1. The molecule has 8 atom stereocenters. The molecule has 32 heavy (non-hydrogen) atoms. The number of nitrogens with two attached hydrogens (primary N) is 2. The third-order valence-electron chi connectivity index (χ3n) is 4.49. The van der Waals surface area contributed by atoms with Crippen molar-refractivity contribution in [1.82, 2.24) is 9.97 Å². The molecule has 1 rings (SSSR count). The number of primary amides is 2. The van der Waals surface area contributed by atoms with Crippen LogP contribution in [0.1, 0.15) is 44.6 Å². The summed E-state index contributed by atoms with van der Waals surface area (Å²) in [5.74, 6) is -2.85. The van der Waals surface area contributed by atoms with E-state index < -0.39 is 96.6 Å². The van der Waals surface area contributed by atoms with Crippen molar-refractivity contribution in [3.63, 3.8) is 0 Å². The predicted molar refractivity (Wildman–Crippen MR) is 99.2 cm³/mol. The monoisotopic (exact) mass is 466 g/mol. The number of hydrogen-bond donors (Lipinski definition) is 12. The highest BCUT2D eigenvalue weighted by molar-refractivity contribution is 5.95. The van der Waals surface area contributed by atoms with Gasteiger partial charge in [0.1, 0.15) is 60.2 Å². The summed E-state index contributed by atoms with van der Waals surface area (Å²) in [5.41, 5.74) is 6.53. The van der Waals surface area contributed by atoms with Gasteiger partial charge in [-0.05, 0) is 0 Å². The third kappa shape index (κ3) is 5.90. The lowest BCUT2D eigenvalue weighted by Crippen LogP contribution is -2.44. The van der Waals surface area contributed by atoms with E-state index in [1.807, 2.05) is 0 Å². The van der Waals surface area contributed by atoms with Crippen molar-refractivity contribution >= 4 is 11.8 Å². The lowest BCUT2D eigenvalue weighted by atomic mass is 9.97. The molecule has 0 fully saturated rings. The lowest BCUT2D eigenvalue weighted by molar-refractivity contribution is -0.118. The molecule has 16 heteroatoms. The Morgan fingerprint density at radius 1 is 0.625 bits per heavy atom. The first-order valence-electron chi connectivity index (χ1n) is 8.97. The van der Waals surface area contributed by atoms with Gasteiger partial charge in [-0.1, -0.05) is 0 Å². The molecule has 1 aromatic rings. The van der Waals surface area contributed by atoms with Crippen LogP contribution in [0.5, 0.6) is 0 Å².